The van der Waals surface area contributed by atoms with Crippen LogP contribution < -0.4 is 21.4 Å². The summed E-state index contributed by atoms with van der Waals surface area (Å²) in [6, 6.07) is 6.51. The Labute approximate surface area is 208 Å². The molecule has 5 rings (SSSR count). The number of amides is 3. The average Bonchev–Trinajstić information content (AvgIpc) is 2.75. The van der Waals surface area contributed by atoms with E-state index in [0.717, 1.165) is 19.3 Å². The van der Waals surface area contributed by atoms with Crippen LogP contribution in [0.1, 0.15) is 95.3 Å². The first kappa shape index (κ1) is 25.6. The zero-order chi connectivity index (χ0) is 25.3. The number of anilines is 1. The number of ketones is 1. The topological polar surface area (TPSA) is 120 Å². The van der Waals surface area contributed by atoms with Gasteiger partial charge in [0.15, 0.2) is 0 Å². The van der Waals surface area contributed by atoms with Gasteiger partial charge in [0.1, 0.15) is 11.9 Å². The van der Waals surface area contributed by atoms with Crippen LogP contribution in [0.25, 0.3) is 0 Å². The van der Waals surface area contributed by atoms with Crippen LogP contribution in [0, 0.1) is 16.7 Å². The summed E-state index contributed by atoms with van der Waals surface area (Å²) >= 11 is 0. The number of hydroxylamine groups is 1. The van der Waals surface area contributed by atoms with Gasteiger partial charge >= 0.3 is 6.03 Å². The fourth-order valence-corrected chi connectivity index (χ4v) is 7.79. The maximum Gasteiger partial charge on any atom is 0.319 e. The number of carbonyl (C=O) groups excluding carboxylic acids is 3. The normalized spacial score (nSPS) is 31.6. The van der Waals surface area contributed by atoms with Crippen molar-refractivity contribution >= 4 is 23.4 Å². The minimum atomic E-state index is -0.639. The average molecular weight is 485 g/mol. The Hall–Kier alpha value is -2.45. The highest BCUT2D eigenvalue weighted by Gasteiger charge is 2.60. The minimum Gasteiger partial charge on any atom is -0.335 e. The molecule has 0 saturated heterocycles. The smallest absolute Gasteiger partial charge is 0.319 e. The lowest BCUT2D eigenvalue weighted by atomic mass is 9.43. The molecule has 35 heavy (non-hydrogen) atoms. The summed E-state index contributed by atoms with van der Waals surface area (Å²) in [4.78, 5) is 36.9. The van der Waals surface area contributed by atoms with Crippen LogP contribution in [0.3, 0.4) is 0 Å². The molecule has 0 aliphatic heterocycles. The molecule has 4 aliphatic rings. The van der Waals surface area contributed by atoms with Gasteiger partial charge in [-0.3, -0.25) is 9.59 Å². The van der Waals surface area contributed by atoms with Crippen molar-refractivity contribution < 1.29 is 19.6 Å². The maximum atomic E-state index is 12.9. The molecule has 8 heteroatoms. The summed E-state index contributed by atoms with van der Waals surface area (Å²) < 4.78 is 0. The van der Waals surface area contributed by atoms with Gasteiger partial charge in [0.05, 0.1) is 0 Å². The molecule has 5 N–H and O–H groups in total. The number of carbonyl (C=O) groups is 3. The van der Waals surface area contributed by atoms with Gasteiger partial charge in [0, 0.05) is 29.6 Å². The van der Waals surface area contributed by atoms with Gasteiger partial charge < -0.3 is 21.2 Å². The third-order valence-electron chi connectivity index (χ3n) is 8.21. The number of hydrogen-bond donors (Lipinski definition) is 5. The largest absolute Gasteiger partial charge is 0.335 e. The summed E-state index contributed by atoms with van der Waals surface area (Å²) in [5.41, 5.74) is 3.65. The summed E-state index contributed by atoms with van der Waals surface area (Å²) in [7, 11) is 0. The van der Waals surface area contributed by atoms with E-state index in [1.165, 1.54) is 19.3 Å². The molecule has 3 unspecified atom stereocenters. The number of Topliss-reactive ketones (excluding diaryl/α,β-unsaturated/α-hetero) is 1. The number of rotatable bonds is 10. The third kappa shape index (κ3) is 6.04. The van der Waals surface area contributed by atoms with Gasteiger partial charge in [-0.2, -0.15) is 5.48 Å². The van der Waals surface area contributed by atoms with E-state index in [4.69, 9.17) is 0 Å². The predicted molar refractivity (Wildman–Crippen MR) is 134 cm³/mol. The van der Waals surface area contributed by atoms with Crippen molar-refractivity contribution in [1.29, 1.82) is 0 Å². The van der Waals surface area contributed by atoms with Gasteiger partial charge in [-0.1, -0.05) is 20.8 Å². The Bertz CT molecular complexity index is 944. The van der Waals surface area contributed by atoms with E-state index < -0.39 is 6.17 Å². The molecule has 4 fully saturated rings. The van der Waals surface area contributed by atoms with Gasteiger partial charge in [0.25, 0.3) is 5.91 Å². The van der Waals surface area contributed by atoms with Crippen LogP contribution in [-0.4, -0.2) is 34.6 Å². The van der Waals surface area contributed by atoms with Crippen LogP contribution in [0.15, 0.2) is 24.3 Å². The van der Waals surface area contributed by atoms with Gasteiger partial charge in [0.2, 0.25) is 0 Å². The highest BCUT2D eigenvalue weighted by molar-refractivity contribution is 5.95. The molecule has 0 aromatic heterocycles. The monoisotopic (exact) mass is 484 g/mol. The SMILES string of the molecule is CCC(=O)CCCC(NO)NC(=O)c1ccc(NC(=O)NC23CC4CC(C)(CC(C)(C4)C2)C3)cc1. The Morgan fingerprint density at radius 2 is 1.69 bits per heavy atom. The number of benzene rings is 1. The molecular formula is C27H40N4O4. The van der Waals surface area contributed by atoms with Crippen LogP contribution in [-0.2, 0) is 4.79 Å². The molecule has 0 heterocycles. The van der Waals surface area contributed by atoms with E-state index in [-0.39, 0.29) is 23.3 Å². The van der Waals surface area contributed by atoms with Crippen molar-refractivity contribution in [3.63, 3.8) is 0 Å². The van der Waals surface area contributed by atoms with E-state index in [9.17, 15) is 19.6 Å². The fourth-order valence-electron chi connectivity index (χ4n) is 7.79. The quantitative estimate of drug-likeness (QED) is 0.243. The van der Waals surface area contributed by atoms with Crippen LogP contribution >= 0.6 is 0 Å². The van der Waals surface area contributed by atoms with E-state index in [2.05, 4.69) is 35.3 Å². The van der Waals surface area contributed by atoms with Crippen molar-refractivity contribution in [2.75, 3.05) is 5.32 Å². The molecule has 0 spiro atoms. The zero-order valence-corrected chi connectivity index (χ0v) is 21.2. The number of hydrogen-bond acceptors (Lipinski definition) is 5. The van der Waals surface area contributed by atoms with Crippen molar-refractivity contribution in [2.24, 2.45) is 16.7 Å². The van der Waals surface area contributed by atoms with Crippen molar-refractivity contribution in [1.82, 2.24) is 16.1 Å². The maximum absolute atomic E-state index is 12.9. The lowest BCUT2D eigenvalue weighted by Gasteiger charge is -2.65. The van der Waals surface area contributed by atoms with Crippen molar-refractivity contribution in [2.45, 2.75) is 96.7 Å². The predicted octanol–water partition coefficient (Wildman–Crippen LogP) is 4.74. The van der Waals surface area contributed by atoms with Crippen molar-refractivity contribution in [3.8, 4) is 0 Å². The summed E-state index contributed by atoms with van der Waals surface area (Å²) in [6.45, 7) is 6.59. The Morgan fingerprint density at radius 1 is 1.03 bits per heavy atom. The molecule has 3 atom stereocenters. The first-order valence-corrected chi connectivity index (χ1v) is 13.0. The molecule has 4 aliphatic carbocycles. The highest BCUT2D eigenvalue weighted by atomic mass is 16.5. The molecule has 4 bridgehead atoms. The van der Waals surface area contributed by atoms with Gasteiger partial charge in [-0.05, 0) is 92.4 Å². The molecule has 1 aromatic rings. The van der Waals surface area contributed by atoms with Crippen LogP contribution in [0.2, 0.25) is 0 Å². The standard InChI is InChI=1S/C27H40N4O4/c1-4-21(32)6-5-7-22(31-35)29-23(33)19-8-10-20(11-9-19)28-24(34)30-27-14-18-12-25(2,16-27)15-26(3,13-18)17-27/h8-11,18,22,31,35H,4-7,12-17H2,1-3H3,(H,29,33)(H2,28,30,34). The van der Waals surface area contributed by atoms with Gasteiger partial charge in [-0.15, -0.1) is 0 Å². The van der Waals surface area contributed by atoms with E-state index >= 15 is 0 Å². The number of urea groups is 1. The minimum absolute atomic E-state index is 0.124. The molecule has 3 amide bonds. The van der Waals surface area contributed by atoms with E-state index in [1.807, 2.05) is 6.92 Å². The summed E-state index contributed by atoms with van der Waals surface area (Å²) in [5, 5.41) is 18.3. The summed E-state index contributed by atoms with van der Waals surface area (Å²) in [6.07, 6.45) is 8.26. The second-order valence-corrected chi connectivity index (χ2v) is 12.0. The molecular weight excluding hydrogens is 444 g/mol. The lowest BCUT2D eigenvalue weighted by Crippen LogP contribution is -2.65. The molecule has 8 nitrogen and oxygen atoms in total. The van der Waals surface area contributed by atoms with Crippen LogP contribution in [0.5, 0.6) is 0 Å². The zero-order valence-electron chi connectivity index (χ0n) is 21.2. The Kier molecular flexibility index (Phi) is 7.25. The second-order valence-electron chi connectivity index (χ2n) is 12.0. The molecule has 192 valence electrons. The second kappa shape index (κ2) is 9.90. The molecule has 0 radical (unpaired) electrons. The van der Waals surface area contributed by atoms with E-state index in [0.29, 0.717) is 53.7 Å². The lowest BCUT2D eigenvalue weighted by molar-refractivity contribution is -0.119. The Balaban J connectivity index is 1.29. The molecule has 4 saturated carbocycles. The first-order chi connectivity index (χ1) is 16.5. The Morgan fingerprint density at radius 3 is 2.26 bits per heavy atom. The molecule has 1 aromatic carbocycles. The van der Waals surface area contributed by atoms with Crippen molar-refractivity contribution in [3.05, 3.63) is 29.8 Å². The van der Waals surface area contributed by atoms with Gasteiger partial charge in [-0.25, -0.2) is 4.79 Å². The first-order valence-electron chi connectivity index (χ1n) is 13.0. The third-order valence-corrected chi connectivity index (χ3v) is 8.21. The highest BCUT2D eigenvalue weighted by Crippen LogP contribution is 2.66. The van der Waals surface area contributed by atoms with Crippen LogP contribution in [0.4, 0.5) is 10.5 Å². The fraction of sp³-hybridized carbons (Fsp3) is 0.667. The summed E-state index contributed by atoms with van der Waals surface area (Å²) in [5.74, 6) is 0.514. The van der Waals surface area contributed by atoms with E-state index in [1.54, 1.807) is 24.3 Å². The number of nitrogens with one attached hydrogen (secondary N) is 4.